The molecule has 3 aromatic rings. The van der Waals surface area contributed by atoms with Crippen LogP contribution in [0.25, 0.3) is 0 Å². The summed E-state index contributed by atoms with van der Waals surface area (Å²) >= 11 is 0. The van der Waals surface area contributed by atoms with Crippen molar-refractivity contribution in [3.8, 4) is 0 Å². The molecule has 0 aliphatic rings. The molecule has 0 heterocycles. The number of anilines is 3. The number of nitro benzene ring substituents is 1. The Bertz CT molecular complexity index is 1210. The van der Waals surface area contributed by atoms with Gasteiger partial charge in [0.15, 0.2) is 0 Å². The Morgan fingerprint density at radius 3 is 1.50 bits per heavy atom. The van der Waals surface area contributed by atoms with Crippen LogP contribution in [0.2, 0.25) is 0 Å². The second-order valence-corrected chi connectivity index (χ2v) is 8.24. The summed E-state index contributed by atoms with van der Waals surface area (Å²) in [5.41, 5.74) is 4.58. The van der Waals surface area contributed by atoms with Crippen LogP contribution >= 0.6 is 0 Å². The molecule has 0 aliphatic heterocycles. The lowest BCUT2D eigenvalue weighted by Gasteiger charge is -2.21. The van der Waals surface area contributed by atoms with Gasteiger partial charge in [-0.2, -0.15) is 18.6 Å². The second-order valence-electron chi connectivity index (χ2n) is 7.05. The molecule has 0 aromatic heterocycles. The fourth-order valence-corrected chi connectivity index (χ4v) is 2.62. The van der Waals surface area contributed by atoms with E-state index in [9.17, 15) is 18.5 Å². The molecule has 11 nitrogen and oxygen atoms in total. The standard InChI is InChI=1S/C21H21N5O2.CH4O4S/c1-24(2)18-12-14-20(15-13-18)25(3)19-8-4-16(5-9-19)22-23-17-6-10-21(11-7-17)26(27)28;1-5-6(2,3)4/h4-15H,1-3H3;1H3,(H,2,3,4). The summed E-state index contributed by atoms with van der Waals surface area (Å²) in [4.78, 5) is 14.4. The molecule has 0 bridgehead atoms. The van der Waals surface area contributed by atoms with Crippen LogP contribution < -0.4 is 9.80 Å². The van der Waals surface area contributed by atoms with Gasteiger partial charge in [0.2, 0.25) is 0 Å². The van der Waals surface area contributed by atoms with Gasteiger partial charge in [-0.15, -0.1) is 0 Å². The molecule has 0 fully saturated rings. The van der Waals surface area contributed by atoms with Crippen molar-refractivity contribution in [1.29, 1.82) is 0 Å². The van der Waals surface area contributed by atoms with Gasteiger partial charge in [0, 0.05) is 50.3 Å². The highest BCUT2D eigenvalue weighted by molar-refractivity contribution is 7.80. The Hall–Kier alpha value is -3.87. The lowest BCUT2D eigenvalue weighted by molar-refractivity contribution is -0.384. The maximum absolute atomic E-state index is 10.7. The minimum atomic E-state index is -4.16. The van der Waals surface area contributed by atoms with E-state index in [0.29, 0.717) is 11.4 Å². The zero-order chi connectivity index (χ0) is 25.3. The van der Waals surface area contributed by atoms with Gasteiger partial charge in [0.05, 0.1) is 23.4 Å². The molecule has 180 valence electrons. The van der Waals surface area contributed by atoms with E-state index in [1.54, 1.807) is 12.1 Å². The number of hydrogen-bond donors (Lipinski definition) is 1. The molecule has 0 aliphatic carbocycles. The summed E-state index contributed by atoms with van der Waals surface area (Å²) < 4.78 is 29.7. The summed E-state index contributed by atoms with van der Waals surface area (Å²) in [5.74, 6) is 0. The average molecular weight is 488 g/mol. The average Bonchev–Trinajstić information content (AvgIpc) is 2.83. The smallest absolute Gasteiger partial charge is 0.378 e. The third kappa shape index (κ3) is 8.24. The highest BCUT2D eigenvalue weighted by Crippen LogP contribution is 2.28. The van der Waals surface area contributed by atoms with Gasteiger partial charge in [0.25, 0.3) is 5.69 Å². The molecule has 0 saturated carbocycles. The molecular weight excluding hydrogens is 462 g/mol. The number of nitrogens with zero attached hydrogens (tertiary/aromatic N) is 5. The zero-order valence-electron chi connectivity index (χ0n) is 19.1. The molecule has 0 saturated heterocycles. The Kier molecular flexibility index (Phi) is 9.18. The first-order valence-electron chi connectivity index (χ1n) is 9.80. The van der Waals surface area contributed by atoms with E-state index in [1.807, 2.05) is 45.4 Å². The van der Waals surface area contributed by atoms with Crippen LogP contribution in [0.5, 0.6) is 0 Å². The van der Waals surface area contributed by atoms with E-state index in [1.165, 1.54) is 12.1 Å². The van der Waals surface area contributed by atoms with Crippen LogP contribution in [-0.4, -0.2) is 46.1 Å². The van der Waals surface area contributed by atoms with Crippen LogP contribution in [0.1, 0.15) is 0 Å². The zero-order valence-corrected chi connectivity index (χ0v) is 19.9. The quantitative estimate of drug-likeness (QED) is 0.206. The predicted octanol–water partition coefficient (Wildman–Crippen LogP) is 5.28. The van der Waals surface area contributed by atoms with E-state index < -0.39 is 15.3 Å². The van der Waals surface area contributed by atoms with Crippen LogP contribution in [0.4, 0.5) is 34.1 Å². The van der Waals surface area contributed by atoms with Crippen LogP contribution in [0, 0.1) is 10.1 Å². The van der Waals surface area contributed by atoms with E-state index in [2.05, 4.69) is 48.5 Å². The van der Waals surface area contributed by atoms with Crippen molar-refractivity contribution in [2.75, 3.05) is 38.1 Å². The fourth-order valence-electron chi connectivity index (χ4n) is 2.62. The van der Waals surface area contributed by atoms with Gasteiger partial charge >= 0.3 is 10.4 Å². The van der Waals surface area contributed by atoms with Crippen molar-refractivity contribution in [2.24, 2.45) is 10.2 Å². The molecule has 12 heteroatoms. The molecular formula is C22H25N5O6S. The van der Waals surface area contributed by atoms with Gasteiger partial charge in [0.1, 0.15) is 0 Å². The van der Waals surface area contributed by atoms with Crippen LogP contribution in [0.15, 0.2) is 83.0 Å². The summed E-state index contributed by atoms with van der Waals surface area (Å²) in [6.45, 7) is 0. The van der Waals surface area contributed by atoms with Crippen LogP contribution in [-0.2, 0) is 14.6 Å². The fraction of sp³-hybridized carbons (Fsp3) is 0.182. The first kappa shape index (κ1) is 26.4. The van der Waals surface area contributed by atoms with Gasteiger partial charge < -0.3 is 9.80 Å². The number of hydrogen-bond acceptors (Lipinski definition) is 9. The number of non-ortho nitro benzene ring substituents is 1. The van der Waals surface area contributed by atoms with Crippen molar-refractivity contribution in [3.05, 3.63) is 82.9 Å². The molecule has 0 amide bonds. The summed E-state index contributed by atoms with van der Waals surface area (Å²) in [6.07, 6.45) is 0. The Morgan fingerprint density at radius 2 is 1.15 bits per heavy atom. The molecule has 0 radical (unpaired) electrons. The molecule has 3 aromatic carbocycles. The highest BCUT2D eigenvalue weighted by atomic mass is 32.3. The molecule has 0 unspecified atom stereocenters. The lowest BCUT2D eigenvalue weighted by Crippen LogP contribution is -2.11. The van der Waals surface area contributed by atoms with E-state index >= 15 is 0 Å². The number of azo groups is 1. The number of benzene rings is 3. The Labute approximate surface area is 198 Å². The molecule has 3 rings (SSSR count). The summed E-state index contributed by atoms with van der Waals surface area (Å²) in [6, 6.07) is 22.0. The largest absolute Gasteiger partial charge is 0.397 e. The predicted molar refractivity (Wildman–Crippen MR) is 131 cm³/mol. The minimum absolute atomic E-state index is 0.0324. The van der Waals surface area contributed by atoms with Crippen LogP contribution in [0.3, 0.4) is 0 Å². The normalized spacial score (nSPS) is 11.0. The van der Waals surface area contributed by atoms with Crippen molar-refractivity contribution in [3.63, 3.8) is 0 Å². The maximum atomic E-state index is 10.7. The maximum Gasteiger partial charge on any atom is 0.397 e. The van der Waals surface area contributed by atoms with E-state index in [-0.39, 0.29) is 5.69 Å². The van der Waals surface area contributed by atoms with Crippen molar-refractivity contribution < 1.29 is 22.1 Å². The lowest BCUT2D eigenvalue weighted by atomic mass is 10.2. The van der Waals surface area contributed by atoms with Gasteiger partial charge in [-0.05, 0) is 60.7 Å². The van der Waals surface area contributed by atoms with Crippen molar-refractivity contribution >= 4 is 44.5 Å². The SMILES string of the molecule is CN(C)c1ccc(N(C)c2ccc(N=Nc3ccc([N+](=O)[O-])cc3)cc2)cc1.COS(=O)(=O)O. The van der Waals surface area contributed by atoms with Gasteiger partial charge in [-0.1, -0.05) is 0 Å². The monoisotopic (exact) mass is 487 g/mol. The molecule has 0 atom stereocenters. The van der Waals surface area contributed by atoms with E-state index in [4.69, 9.17) is 4.55 Å². The highest BCUT2D eigenvalue weighted by Gasteiger charge is 2.05. The first-order chi connectivity index (χ1) is 16.0. The molecule has 34 heavy (non-hydrogen) atoms. The van der Waals surface area contributed by atoms with Crippen molar-refractivity contribution in [1.82, 2.24) is 0 Å². The molecule has 0 spiro atoms. The topological polar surface area (TPSA) is 138 Å². The van der Waals surface area contributed by atoms with Gasteiger partial charge in [-0.3, -0.25) is 18.9 Å². The minimum Gasteiger partial charge on any atom is -0.378 e. The second kappa shape index (κ2) is 11.8. The van der Waals surface area contributed by atoms with Gasteiger partial charge in [-0.25, -0.2) is 0 Å². The van der Waals surface area contributed by atoms with Crippen molar-refractivity contribution in [2.45, 2.75) is 0 Å². The number of nitro groups is 1. The van der Waals surface area contributed by atoms with E-state index in [0.717, 1.165) is 24.2 Å². The third-order valence-electron chi connectivity index (χ3n) is 4.54. The molecule has 1 N–H and O–H groups in total. The third-order valence-corrected chi connectivity index (χ3v) is 4.96. The summed E-state index contributed by atoms with van der Waals surface area (Å²) in [5, 5.41) is 19.0. The number of rotatable bonds is 7. The first-order valence-corrected chi connectivity index (χ1v) is 11.2. The summed E-state index contributed by atoms with van der Waals surface area (Å²) in [7, 11) is 2.75. The Morgan fingerprint density at radius 1 is 0.794 bits per heavy atom. The Balaban J connectivity index is 0.000000604.